The number of nitrogens with two attached hydrogens (primary N) is 1. The van der Waals surface area contributed by atoms with E-state index in [2.05, 4.69) is 42.3 Å². The van der Waals surface area contributed by atoms with Gasteiger partial charge in [-0.2, -0.15) is 23.5 Å². The van der Waals surface area contributed by atoms with Gasteiger partial charge < -0.3 is 5.73 Å². The van der Waals surface area contributed by atoms with Crippen molar-refractivity contribution in [3.05, 3.63) is 0 Å². The first-order chi connectivity index (χ1) is 7.68. The van der Waals surface area contributed by atoms with E-state index in [4.69, 9.17) is 5.73 Å². The Morgan fingerprint density at radius 1 is 1.31 bits per heavy atom. The Hall–Kier alpha value is 0.620. The minimum Gasteiger partial charge on any atom is -0.327 e. The van der Waals surface area contributed by atoms with E-state index >= 15 is 0 Å². The van der Waals surface area contributed by atoms with Gasteiger partial charge in [0.2, 0.25) is 0 Å². The molecule has 0 aliphatic carbocycles. The van der Waals surface area contributed by atoms with Crippen molar-refractivity contribution in [2.75, 3.05) is 30.3 Å². The topological polar surface area (TPSA) is 29.3 Å². The summed E-state index contributed by atoms with van der Waals surface area (Å²) in [5.41, 5.74) is 6.13. The highest BCUT2D eigenvalue weighted by Gasteiger charge is 2.31. The van der Waals surface area contributed by atoms with Crippen molar-refractivity contribution in [1.29, 1.82) is 0 Å². The average Bonchev–Trinajstić information content (AvgIpc) is 2.31. The summed E-state index contributed by atoms with van der Waals surface area (Å²) < 4.78 is 0. The maximum atomic E-state index is 6.13. The highest BCUT2D eigenvalue weighted by Crippen LogP contribution is 2.28. The monoisotopic (exact) mass is 260 g/mol. The predicted molar refractivity (Wildman–Crippen MR) is 76.4 cm³/mol. The number of nitrogens with zero attached hydrogens (tertiary/aromatic N) is 1. The third-order valence-electron chi connectivity index (χ3n) is 4.08. The van der Waals surface area contributed by atoms with Crippen molar-refractivity contribution in [2.24, 2.45) is 11.7 Å². The smallest absolute Gasteiger partial charge is 0.0265 e. The molecule has 94 valence electrons. The molecule has 0 aromatic rings. The van der Waals surface area contributed by atoms with Crippen LogP contribution in [0.1, 0.15) is 20.3 Å². The number of likely N-dealkylation sites (tertiary alicyclic amines) is 1. The normalized spacial score (nSPS) is 42.2. The van der Waals surface area contributed by atoms with Crippen LogP contribution >= 0.6 is 23.5 Å². The maximum Gasteiger partial charge on any atom is 0.0265 e. The molecule has 0 radical (unpaired) electrons. The van der Waals surface area contributed by atoms with Gasteiger partial charge in [0.25, 0.3) is 0 Å². The molecule has 2 saturated heterocycles. The van der Waals surface area contributed by atoms with Gasteiger partial charge in [-0.25, -0.2) is 0 Å². The first-order valence-corrected chi connectivity index (χ1v) is 8.58. The summed E-state index contributed by atoms with van der Waals surface area (Å²) in [6.07, 6.45) is 1.18. The number of hydrogen-bond acceptors (Lipinski definition) is 4. The molecule has 0 aromatic heterocycles. The van der Waals surface area contributed by atoms with E-state index in [1.54, 1.807) is 0 Å². The van der Waals surface area contributed by atoms with Crippen LogP contribution in [0.15, 0.2) is 0 Å². The fourth-order valence-electron chi connectivity index (χ4n) is 2.63. The molecule has 2 heterocycles. The minimum atomic E-state index is 0.416. The Morgan fingerprint density at radius 2 is 2.12 bits per heavy atom. The van der Waals surface area contributed by atoms with Crippen LogP contribution in [-0.2, 0) is 0 Å². The van der Waals surface area contributed by atoms with Crippen molar-refractivity contribution in [2.45, 2.75) is 37.6 Å². The van der Waals surface area contributed by atoms with Gasteiger partial charge >= 0.3 is 0 Å². The van der Waals surface area contributed by atoms with Gasteiger partial charge in [0.15, 0.2) is 0 Å². The van der Waals surface area contributed by atoms with E-state index in [0.29, 0.717) is 18.0 Å². The number of thioether (sulfide) groups is 2. The van der Waals surface area contributed by atoms with Crippen molar-refractivity contribution >= 4 is 23.5 Å². The average molecular weight is 260 g/mol. The number of piperidine rings is 1. The summed E-state index contributed by atoms with van der Waals surface area (Å²) in [6, 6.07) is 1.08. The second-order valence-electron chi connectivity index (χ2n) is 5.11. The molecule has 2 fully saturated rings. The van der Waals surface area contributed by atoms with Gasteiger partial charge in [-0.3, -0.25) is 4.90 Å². The number of rotatable bonds is 2. The molecule has 0 aromatic carbocycles. The molecule has 2 N–H and O–H groups in total. The molecule has 4 atom stereocenters. The quantitative estimate of drug-likeness (QED) is 0.821. The lowest BCUT2D eigenvalue weighted by molar-refractivity contribution is 0.0998. The summed E-state index contributed by atoms with van der Waals surface area (Å²) >= 11 is 4.29. The molecule has 0 bridgehead atoms. The Morgan fingerprint density at radius 3 is 2.81 bits per heavy atom. The third kappa shape index (κ3) is 3.09. The van der Waals surface area contributed by atoms with E-state index in [9.17, 15) is 0 Å². The van der Waals surface area contributed by atoms with E-state index < -0.39 is 0 Å². The van der Waals surface area contributed by atoms with Crippen LogP contribution in [0.3, 0.4) is 0 Å². The molecule has 2 rings (SSSR count). The number of hydrogen-bond donors (Lipinski definition) is 1. The lowest BCUT2D eigenvalue weighted by Crippen LogP contribution is -2.53. The highest BCUT2D eigenvalue weighted by atomic mass is 32.2. The van der Waals surface area contributed by atoms with E-state index in [1.807, 2.05) is 0 Å². The largest absolute Gasteiger partial charge is 0.327 e. The van der Waals surface area contributed by atoms with Crippen LogP contribution in [0.25, 0.3) is 0 Å². The summed E-state index contributed by atoms with van der Waals surface area (Å²) in [5, 5.41) is 0.850. The van der Waals surface area contributed by atoms with Gasteiger partial charge in [-0.1, -0.05) is 6.92 Å². The molecule has 16 heavy (non-hydrogen) atoms. The molecule has 4 heteroatoms. The van der Waals surface area contributed by atoms with Crippen LogP contribution < -0.4 is 5.73 Å². The molecule has 2 nitrogen and oxygen atoms in total. The second-order valence-corrected chi connectivity index (χ2v) is 7.67. The van der Waals surface area contributed by atoms with E-state index in [-0.39, 0.29) is 0 Å². The second kappa shape index (κ2) is 5.98. The van der Waals surface area contributed by atoms with E-state index in [1.165, 1.54) is 36.8 Å². The zero-order valence-electron chi connectivity index (χ0n) is 10.4. The first-order valence-electron chi connectivity index (χ1n) is 6.37. The fraction of sp³-hybridized carbons (Fsp3) is 1.00. The molecule has 4 unspecified atom stereocenters. The van der Waals surface area contributed by atoms with Crippen molar-refractivity contribution in [3.8, 4) is 0 Å². The van der Waals surface area contributed by atoms with Crippen LogP contribution in [0.5, 0.6) is 0 Å². The van der Waals surface area contributed by atoms with Crippen LogP contribution in [-0.4, -0.2) is 52.6 Å². The van der Waals surface area contributed by atoms with Gasteiger partial charge in [0.05, 0.1) is 0 Å². The van der Waals surface area contributed by atoms with Gasteiger partial charge in [-0.05, 0) is 25.8 Å². The standard InChI is InChI=1S/C12H24N2S2/c1-9-10(2)14(4-3-12(9)13)7-11-8-15-5-6-16-11/h9-12H,3-8,13H2,1-2H3. The molecule has 0 saturated carbocycles. The molecular weight excluding hydrogens is 236 g/mol. The van der Waals surface area contributed by atoms with Crippen LogP contribution in [0.2, 0.25) is 0 Å². The fourth-order valence-corrected chi connectivity index (χ4v) is 5.33. The van der Waals surface area contributed by atoms with Crippen molar-refractivity contribution in [1.82, 2.24) is 4.90 Å². The van der Waals surface area contributed by atoms with Crippen molar-refractivity contribution < 1.29 is 0 Å². The Balaban J connectivity index is 1.84. The molecule has 0 spiro atoms. The molecular formula is C12H24N2S2. The molecule has 0 amide bonds. The molecule has 2 aliphatic heterocycles. The summed E-state index contributed by atoms with van der Waals surface area (Å²) in [7, 11) is 0. The maximum absolute atomic E-state index is 6.13. The summed E-state index contributed by atoms with van der Waals surface area (Å²) in [5.74, 6) is 4.67. The zero-order chi connectivity index (χ0) is 11.5. The van der Waals surface area contributed by atoms with E-state index in [0.717, 1.165) is 5.25 Å². The van der Waals surface area contributed by atoms with Crippen molar-refractivity contribution in [3.63, 3.8) is 0 Å². The summed E-state index contributed by atoms with van der Waals surface area (Å²) in [6.45, 7) is 7.14. The summed E-state index contributed by atoms with van der Waals surface area (Å²) in [4.78, 5) is 2.66. The van der Waals surface area contributed by atoms with Crippen LogP contribution in [0.4, 0.5) is 0 Å². The Labute approximate surface area is 108 Å². The van der Waals surface area contributed by atoms with Gasteiger partial charge in [-0.15, -0.1) is 0 Å². The predicted octanol–water partition coefficient (Wildman–Crippen LogP) is 1.89. The Bertz CT molecular complexity index is 219. The minimum absolute atomic E-state index is 0.416. The lowest BCUT2D eigenvalue weighted by atomic mass is 9.87. The molecule has 2 aliphatic rings. The first kappa shape index (κ1) is 13.1. The third-order valence-corrected chi connectivity index (χ3v) is 6.91. The van der Waals surface area contributed by atoms with Crippen LogP contribution in [0, 0.1) is 5.92 Å². The van der Waals surface area contributed by atoms with Gasteiger partial charge in [0, 0.05) is 41.1 Å². The lowest BCUT2D eigenvalue weighted by Gasteiger charge is -2.43. The Kier molecular flexibility index (Phi) is 4.89. The SMILES string of the molecule is CC1C(N)CCN(CC2CSCCS2)C1C. The highest BCUT2D eigenvalue weighted by molar-refractivity contribution is 8.06. The zero-order valence-corrected chi connectivity index (χ0v) is 12.0. The van der Waals surface area contributed by atoms with Gasteiger partial charge in [0.1, 0.15) is 0 Å².